The lowest BCUT2D eigenvalue weighted by Crippen LogP contribution is -2.12. The van der Waals surface area contributed by atoms with Gasteiger partial charge in [0.15, 0.2) is 0 Å². The number of nitrogens with zero attached hydrogens (tertiary/aromatic N) is 1. The first-order chi connectivity index (χ1) is 7.36. The molecule has 0 radical (unpaired) electrons. The standard InChI is InChI=1S/C14H15N/c15-10-14(8-9-14)13-7-3-5-11-4-1-2-6-12(11)13/h3,5,7H,1-2,4,6,8-9H2. The van der Waals surface area contributed by atoms with Crippen LogP contribution in [0.15, 0.2) is 18.2 Å². The van der Waals surface area contributed by atoms with Crippen molar-refractivity contribution in [2.75, 3.05) is 0 Å². The highest BCUT2D eigenvalue weighted by Crippen LogP contribution is 2.49. The number of nitriles is 1. The maximum Gasteiger partial charge on any atom is 0.0826 e. The molecule has 2 aliphatic rings. The molecule has 3 rings (SSSR count). The fraction of sp³-hybridized carbons (Fsp3) is 0.500. The van der Waals surface area contributed by atoms with Gasteiger partial charge in [0.1, 0.15) is 0 Å². The van der Waals surface area contributed by atoms with Crippen LogP contribution in [0.4, 0.5) is 0 Å². The van der Waals surface area contributed by atoms with Crippen molar-refractivity contribution in [3.8, 4) is 6.07 Å². The maximum atomic E-state index is 9.26. The van der Waals surface area contributed by atoms with E-state index < -0.39 is 0 Å². The van der Waals surface area contributed by atoms with Crippen molar-refractivity contribution in [2.45, 2.75) is 43.9 Å². The van der Waals surface area contributed by atoms with Gasteiger partial charge in [-0.25, -0.2) is 0 Å². The van der Waals surface area contributed by atoms with E-state index in [1.807, 2.05) is 0 Å². The molecular formula is C14H15N. The Bertz CT molecular complexity index is 435. The first-order valence-electron chi connectivity index (χ1n) is 5.88. The molecule has 0 N–H and O–H groups in total. The third kappa shape index (κ3) is 1.28. The molecule has 0 aliphatic heterocycles. The van der Waals surface area contributed by atoms with Gasteiger partial charge in [-0.3, -0.25) is 0 Å². The van der Waals surface area contributed by atoms with Crippen molar-refractivity contribution in [1.82, 2.24) is 0 Å². The molecule has 0 unspecified atom stereocenters. The van der Waals surface area contributed by atoms with E-state index >= 15 is 0 Å². The molecule has 1 fully saturated rings. The lowest BCUT2D eigenvalue weighted by molar-refractivity contribution is 0.672. The first kappa shape index (κ1) is 8.97. The minimum atomic E-state index is -0.0946. The van der Waals surface area contributed by atoms with Gasteiger partial charge >= 0.3 is 0 Å². The number of aryl methyl sites for hydroxylation is 1. The van der Waals surface area contributed by atoms with Gasteiger partial charge in [-0.15, -0.1) is 0 Å². The van der Waals surface area contributed by atoms with Crippen LogP contribution in [0.25, 0.3) is 0 Å². The van der Waals surface area contributed by atoms with Crippen LogP contribution >= 0.6 is 0 Å². The Morgan fingerprint density at radius 3 is 2.67 bits per heavy atom. The third-order valence-corrected chi connectivity index (χ3v) is 3.88. The lowest BCUT2D eigenvalue weighted by atomic mass is 9.83. The van der Waals surface area contributed by atoms with E-state index in [2.05, 4.69) is 24.3 Å². The normalized spacial score (nSPS) is 21.5. The Labute approximate surface area is 90.7 Å². The number of hydrogen-bond acceptors (Lipinski definition) is 1. The van der Waals surface area contributed by atoms with Crippen LogP contribution in [-0.2, 0) is 18.3 Å². The number of benzene rings is 1. The van der Waals surface area contributed by atoms with Gasteiger partial charge in [0.05, 0.1) is 11.5 Å². The van der Waals surface area contributed by atoms with Crippen molar-refractivity contribution in [3.63, 3.8) is 0 Å². The Kier molecular flexibility index (Phi) is 1.85. The predicted molar refractivity (Wildman–Crippen MR) is 59.6 cm³/mol. The summed E-state index contributed by atoms with van der Waals surface area (Å²) in [5, 5.41) is 9.26. The fourth-order valence-electron chi connectivity index (χ4n) is 2.80. The summed E-state index contributed by atoms with van der Waals surface area (Å²) in [6.07, 6.45) is 7.15. The van der Waals surface area contributed by atoms with Crippen molar-refractivity contribution >= 4 is 0 Å². The van der Waals surface area contributed by atoms with Crippen molar-refractivity contribution in [2.24, 2.45) is 0 Å². The molecule has 0 atom stereocenters. The van der Waals surface area contributed by atoms with Gasteiger partial charge < -0.3 is 0 Å². The second-order valence-electron chi connectivity index (χ2n) is 4.84. The summed E-state index contributed by atoms with van der Waals surface area (Å²) in [5.74, 6) is 0. The highest BCUT2D eigenvalue weighted by atomic mass is 14.5. The van der Waals surface area contributed by atoms with E-state index in [1.165, 1.54) is 42.4 Å². The minimum Gasteiger partial charge on any atom is -0.197 e. The molecule has 0 bridgehead atoms. The zero-order valence-corrected chi connectivity index (χ0v) is 8.92. The SMILES string of the molecule is N#CC1(c2cccc3c2CCCC3)CC1. The average molecular weight is 197 g/mol. The zero-order valence-electron chi connectivity index (χ0n) is 8.92. The summed E-state index contributed by atoms with van der Waals surface area (Å²) in [7, 11) is 0. The summed E-state index contributed by atoms with van der Waals surface area (Å²) in [4.78, 5) is 0. The molecule has 1 heteroatoms. The zero-order chi connectivity index (χ0) is 10.3. The number of hydrogen-bond donors (Lipinski definition) is 0. The molecular weight excluding hydrogens is 182 g/mol. The van der Waals surface area contributed by atoms with Crippen molar-refractivity contribution in [1.29, 1.82) is 5.26 Å². The summed E-state index contributed by atoms with van der Waals surface area (Å²) in [5.41, 5.74) is 4.26. The van der Waals surface area contributed by atoms with Gasteiger partial charge in [0.2, 0.25) is 0 Å². The average Bonchev–Trinajstić information content (AvgIpc) is 3.09. The molecule has 1 nitrogen and oxygen atoms in total. The van der Waals surface area contributed by atoms with Crippen LogP contribution in [0.5, 0.6) is 0 Å². The van der Waals surface area contributed by atoms with Crippen LogP contribution in [0.2, 0.25) is 0 Å². The van der Waals surface area contributed by atoms with Gasteiger partial charge in [0, 0.05) is 0 Å². The monoisotopic (exact) mass is 197 g/mol. The smallest absolute Gasteiger partial charge is 0.0826 e. The van der Waals surface area contributed by atoms with Gasteiger partial charge in [-0.2, -0.15) is 5.26 Å². The van der Waals surface area contributed by atoms with Crippen LogP contribution in [0.1, 0.15) is 42.4 Å². The van der Waals surface area contributed by atoms with E-state index in [0.29, 0.717) is 0 Å². The summed E-state index contributed by atoms with van der Waals surface area (Å²) < 4.78 is 0. The van der Waals surface area contributed by atoms with Crippen molar-refractivity contribution < 1.29 is 0 Å². The molecule has 0 heterocycles. The van der Waals surface area contributed by atoms with E-state index in [0.717, 1.165) is 12.8 Å². The summed E-state index contributed by atoms with van der Waals surface area (Å²) in [6, 6.07) is 9.08. The molecule has 1 aromatic carbocycles. The Balaban J connectivity index is 2.13. The van der Waals surface area contributed by atoms with E-state index in [1.54, 1.807) is 0 Å². The number of rotatable bonds is 1. The molecule has 76 valence electrons. The number of fused-ring (bicyclic) bond motifs is 1. The largest absolute Gasteiger partial charge is 0.197 e. The molecule has 0 spiro atoms. The summed E-state index contributed by atoms with van der Waals surface area (Å²) >= 11 is 0. The first-order valence-corrected chi connectivity index (χ1v) is 5.88. The van der Waals surface area contributed by atoms with Crippen LogP contribution in [0.3, 0.4) is 0 Å². The van der Waals surface area contributed by atoms with E-state index in [-0.39, 0.29) is 5.41 Å². The fourth-order valence-corrected chi connectivity index (χ4v) is 2.80. The van der Waals surface area contributed by atoms with Gasteiger partial charge in [0.25, 0.3) is 0 Å². The van der Waals surface area contributed by atoms with E-state index in [9.17, 15) is 5.26 Å². The Morgan fingerprint density at radius 2 is 1.93 bits per heavy atom. The second-order valence-corrected chi connectivity index (χ2v) is 4.84. The van der Waals surface area contributed by atoms with E-state index in [4.69, 9.17) is 0 Å². The maximum absolute atomic E-state index is 9.26. The Hall–Kier alpha value is -1.29. The minimum absolute atomic E-state index is 0.0946. The highest BCUT2D eigenvalue weighted by molar-refractivity contribution is 5.48. The molecule has 0 saturated heterocycles. The van der Waals surface area contributed by atoms with Gasteiger partial charge in [-0.05, 0) is 55.2 Å². The topological polar surface area (TPSA) is 23.8 Å². The quantitative estimate of drug-likeness (QED) is 0.678. The molecule has 1 saturated carbocycles. The predicted octanol–water partition coefficient (Wildman–Crippen LogP) is 3.12. The molecule has 15 heavy (non-hydrogen) atoms. The second kappa shape index (κ2) is 3.10. The molecule has 1 aromatic rings. The highest BCUT2D eigenvalue weighted by Gasteiger charge is 2.46. The van der Waals surface area contributed by atoms with Crippen LogP contribution in [-0.4, -0.2) is 0 Å². The van der Waals surface area contributed by atoms with Crippen molar-refractivity contribution in [3.05, 3.63) is 34.9 Å². The van der Waals surface area contributed by atoms with Crippen LogP contribution < -0.4 is 0 Å². The molecule has 0 aromatic heterocycles. The molecule has 2 aliphatic carbocycles. The third-order valence-electron chi connectivity index (χ3n) is 3.88. The lowest BCUT2D eigenvalue weighted by Gasteiger charge is -2.21. The summed E-state index contributed by atoms with van der Waals surface area (Å²) in [6.45, 7) is 0. The Morgan fingerprint density at radius 1 is 1.13 bits per heavy atom. The molecule has 0 amide bonds. The van der Waals surface area contributed by atoms with Gasteiger partial charge in [-0.1, -0.05) is 18.2 Å². The van der Waals surface area contributed by atoms with Crippen LogP contribution in [0, 0.1) is 11.3 Å².